The minimum absolute atomic E-state index is 0.0654. The normalized spacial score (nSPS) is 10.0. The summed E-state index contributed by atoms with van der Waals surface area (Å²) in [5.74, 6) is -0.341. The van der Waals surface area contributed by atoms with Crippen LogP contribution < -0.4 is 16.4 Å². The van der Waals surface area contributed by atoms with Gasteiger partial charge < -0.3 is 16.4 Å². The first-order valence-electron chi connectivity index (χ1n) is 6.14. The Kier molecular flexibility index (Phi) is 6.35. The second kappa shape index (κ2) is 7.78. The molecule has 5 nitrogen and oxygen atoms in total. The zero-order valence-electron chi connectivity index (χ0n) is 10.8. The van der Waals surface area contributed by atoms with Crippen molar-refractivity contribution in [3.63, 3.8) is 0 Å². The number of nitrogens with one attached hydrogen (secondary N) is 2. The lowest BCUT2D eigenvalue weighted by Crippen LogP contribution is -2.31. The van der Waals surface area contributed by atoms with Crippen LogP contribution in [0.15, 0.2) is 22.7 Å². The van der Waals surface area contributed by atoms with Crippen molar-refractivity contribution in [1.29, 1.82) is 0 Å². The number of anilines is 1. The Bertz CT molecular complexity index is 463. The van der Waals surface area contributed by atoms with E-state index in [9.17, 15) is 9.59 Å². The van der Waals surface area contributed by atoms with E-state index in [0.29, 0.717) is 24.3 Å². The molecule has 0 atom stereocenters. The van der Waals surface area contributed by atoms with E-state index in [1.165, 1.54) is 0 Å². The summed E-state index contributed by atoms with van der Waals surface area (Å²) < 4.78 is 0.785. The van der Waals surface area contributed by atoms with Crippen LogP contribution in [0.2, 0.25) is 0 Å². The van der Waals surface area contributed by atoms with Crippen LogP contribution in [0.3, 0.4) is 0 Å². The second-order valence-electron chi connectivity index (χ2n) is 4.09. The maximum atomic E-state index is 11.9. The molecule has 0 saturated carbocycles. The third-order valence-electron chi connectivity index (χ3n) is 2.47. The first-order valence-corrected chi connectivity index (χ1v) is 6.93. The highest BCUT2D eigenvalue weighted by Gasteiger charge is 2.10. The van der Waals surface area contributed by atoms with Gasteiger partial charge in [0, 0.05) is 29.7 Å². The van der Waals surface area contributed by atoms with Crippen molar-refractivity contribution in [3.05, 3.63) is 28.2 Å². The molecular formula is C13H18BrN3O2. The molecule has 104 valence electrons. The maximum absolute atomic E-state index is 11.9. The number of nitrogens with two attached hydrogens (primary N) is 1. The van der Waals surface area contributed by atoms with Crippen LogP contribution in [0.25, 0.3) is 0 Å². The molecule has 0 saturated heterocycles. The van der Waals surface area contributed by atoms with Crippen molar-refractivity contribution in [2.75, 3.05) is 18.8 Å². The Morgan fingerprint density at radius 2 is 2.00 bits per heavy atom. The summed E-state index contributed by atoms with van der Waals surface area (Å²) in [5, 5.41) is 5.42. The number of hydrogen-bond acceptors (Lipinski definition) is 3. The number of rotatable bonds is 6. The molecule has 6 heteroatoms. The summed E-state index contributed by atoms with van der Waals surface area (Å²) in [7, 11) is 0. The Morgan fingerprint density at radius 1 is 1.26 bits per heavy atom. The maximum Gasteiger partial charge on any atom is 0.253 e. The lowest BCUT2D eigenvalue weighted by molar-refractivity contribution is -0.120. The Labute approximate surface area is 121 Å². The molecule has 0 bridgehead atoms. The van der Waals surface area contributed by atoms with Crippen molar-refractivity contribution >= 4 is 33.4 Å². The molecule has 0 fully saturated rings. The average molecular weight is 328 g/mol. The highest BCUT2D eigenvalue weighted by Crippen LogP contribution is 2.18. The molecule has 2 amide bonds. The molecule has 0 spiro atoms. The summed E-state index contributed by atoms with van der Waals surface area (Å²) in [6.07, 6.45) is 1.16. The van der Waals surface area contributed by atoms with Gasteiger partial charge >= 0.3 is 0 Å². The average Bonchev–Trinajstić information content (AvgIpc) is 2.39. The highest BCUT2D eigenvalue weighted by molar-refractivity contribution is 9.10. The molecule has 0 unspecified atom stereocenters. The van der Waals surface area contributed by atoms with Crippen LogP contribution in [0.5, 0.6) is 0 Å². The van der Waals surface area contributed by atoms with Gasteiger partial charge in [0.1, 0.15) is 0 Å². The fraction of sp³-hybridized carbons (Fsp3) is 0.385. The molecule has 0 aliphatic rings. The van der Waals surface area contributed by atoms with E-state index in [2.05, 4.69) is 26.6 Å². The Morgan fingerprint density at radius 3 is 2.68 bits per heavy atom. The Hall–Kier alpha value is -1.56. The molecule has 1 aromatic carbocycles. The van der Waals surface area contributed by atoms with E-state index >= 15 is 0 Å². The lowest BCUT2D eigenvalue weighted by atomic mass is 10.1. The fourth-order valence-corrected chi connectivity index (χ4v) is 1.82. The Balaban J connectivity index is 2.43. The molecule has 19 heavy (non-hydrogen) atoms. The van der Waals surface area contributed by atoms with Crippen molar-refractivity contribution < 1.29 is 9.59 Å². The third kappa shape index (κ3) is 5.30. The zero-order valence-corrected chi connectivity index (χ0v) is 12.4. The number of benzene rings is 1. The van der Waals surface area contributed by atoms with Crippen LogP contribution in [-0.2, 0) is 4.79 Å². The van der Waals surface area contributed by atoms with Crippen molar-refractivity contribution in [2.24, 2.45) is 0 Å². The van der Waals surface area contributed by atoms with E-state index < -0.39 is 0 Å². The van der Waals surface area contributed by atoms with E-state index in [1.807, 2.05) is 6.92 Å². The molecule has 0 radical (unpaired) electrons. The van der Waals surface area contributed by atoms with Gasteiger partial charge in [0.05, 0.1) is 5.56 Å². The van der Waals surface area contributed by atoms with E-state index in [-0.39, 0.29) is 18.2 Å². The van der Waals surface area contributed by atoms with Gasteiger partial charge in [0.25, 0.3) is 5.91 Å². The number of nitrogen functional groups attached to an aromatic ring is 1. The van der Waals surface area contributed by atoms with Gasteiger partial charge in [-0.1, -0.05) is 22.9 Å². The molecule has 1 aromatic rings. The van der Waals surface area contributed by atoms with Crippen LogP contribution in [0.1, 0.15) is 30.1 Å². The van der Waals surface area contributed by atoms with Gasteiger partial charge in [-0.3, -0.25) is 9.59 Å². The van der Waals surface area contributed by atoms with Gasteiger partial charge in [-0.2, -0.15) is 0 Å². The van der Waals surface area contributed by atoms with E-state index in [1.54, 1.807) is 18.2 Å². The van der Waals surface area contributed by atoms with Gasteiger partial charge in [-0.05, 0) is 24.6 Å². The van der Waals surface area contributed by atoms with Crippen molar-refractivity contribution in [3.8, 4) is 0 Å². The van der Waals surface area contributed by atoms with Crippen molar-refractivity contribution in [1.82, 2.24) is 10.6 Å². The summed E-state index contributed by atoms with van der Waals surface area (Å²) in [6.45, 7) is 2.93. The predicted octanol–water partition coefficient (Wildman–Crippen LogP) is 1.68. The van der Waals surface area contributed by atoms with Gasteiger partial charge in [0.15, 0.2) is 0 Å². The molecule has 4 N–H and O–H groups in total. The summed E-state index contributed by atoms with van der Waals surface area (Å²) >= 11 is 3.28. The first-order chi connectivity index (χ1) is 9.04. The molecule has 0 aromatic heterocycles. The minimum atomic E-state index is -0.276. The zero-order chi connectivity index (χ0) is 14.3. The number of hydrogen-bond donors (Lipinski definition) is 3. The molecule has 0 heterocycles. The fourth-order valence-electron chi connectivity index (χ4n) is 1.46. The second-order valence-corrected chi connectivity index (χ2v) is 5.00. The van der Waals surface area contributed by atoms with Crippen LogP contribution in [-0.4, -0.2) is 24.9 Å². The van der Waals surface area contributed by atoms with E-state index in [4.69, 9.17) is 5.73 Å². The highest BCUT2D eigenvalue weighted by atomic mass is 79.9. The lowest BCUT2D eigenvalue weighted by Gasteiger charge is -2.08. The quantitative estimate of drug-likeness (QED) is 0.695. The molecule has 0 aliphatic heterocycles. The van der Waals surface area contributed by atoms with Gasteiger partial charge in [0.2, 0.25) is 5.91 Å². The topological polar surface area (TPSA) is 84.2 Å². The number of halogens is 1. The first kappa shape index (κ1) is 15.5. The smallest absolute Gasteiger partial charge is 0.253 e. The van der Waals surface area contributed by atoms with Gasteiger partial charge in [-0.15, -0.1) is 0 Å². The van der Waals surface area contributed by atoms with Gasteiger partial charge in [-0.25, -0.2) is 0 Å². The molecular weight excluding hydrogens is 310 g/mol. The molecule has 1 rings (SSSR count). The number of carbonyl (C=O) groups excluding carboxylic acids is 2. The molecule has 0 aliphatic carbocycles. The summed E-state index contributed by atoms with van der Waals surface area (Å²) in [4.78, 5) is 23.2. The van der Waals surface area contributed by atoms with Crippen LogP contribution in [0, 0.1) is 0 Å². The van der Waals surface area contributed by atoms with Crippen LogP contribution >= 0.6 is 15.9 Å². The summed E-state index contributed by atoms with van der Waals surface area (Å²) in [5.41, 5.74) is 6.55. The van der Waals surface area contributed by atoms with E-state index in [0.717, 1.165) is 10.9 Å². The predicted molar refractivity (Wildman–Crippen MR) is 78.8 cm³/mol. The third-order valence-corrected chi connectivity index (χ3v) is 2.96. The largest absolute Gasteiger partial charge is 0.398 e. The minimum Gasteiger partial charge on any atom is -0.398 e. The number of amides is 2. The van der Waals surface area contributed by atoms with Crippen molar-refractivity contribution in [2.45, 2.75) is 19.8 Å². The van der Waals surface area contributed by atoms with Crippen LogP contribution in [0.4, 0.5) is 5.69 Å². The summed E-state index contributed by atoms with van der Waals surface area (Å²) in [6, 6.07) is 5.08. The number of carbonyl (C=O) groups is 2. The SMILES string of the molecule is CCCNC(=O)CCNC(=O)c1cc(Br)ccc1N. The monoisotopic (exact) mass is 327 g/mol. The standard InChI is InChI=1S/C13H18BrN3O2/c1-2-6-16-12(18)5-7-17-13(19)10-8-9(14)3-4-11(10)15/h3-4,8H,2,5-7,15H2,1H3,(H,16,18)(H,17,19).